The van der Waals surface area contributed by atoms with E-state index in [1.807, 2.05) is 36.4 Å². The van der Waals surface area contributed by atoms with Crippen molar-refractivity contribution >= 4 is 34.2 Å². The molecule has 116 valence electrons. The molecule has 5 nitrogen and oxygen atoms in total. The molecule has 0 aliphatic carbocycles. The SMILES string of the molecule is O=C(CCl)N1N=C(c2ccco2)CC1c1cc2ccccc2o1. The van der Waals surface area contributed by atoms with Crippen molar-refractivity contribution in [1.82, 2.24) is 5.01 Å². The molecule has 0 spiro atoms. The number of hydrogen-bond acceptors (Lipinski definition) is 4. The van der Waals surface area contributed by atoms with E-state index in [1.54, 1.807) is 12.3 Å². The minimum absolute atomic E-state index is 0.133. The molecule has 0 radical (unpaired) electrons. The van der Waals surface area contributed by atoms with Gasteiger partial charge in [0.2, 0.25) is 0 Å². The van der Waals surface area contributed by atoms with Crippen molar-refractivity contribution < 1.29 is 13.6 Å². The van der Waals surface area contributed by atoms with E-state index in [0.29, 0.717) is 23.7 Å². The third kappa shape index (κ3) is 2.43. The van der Waals surface area contributed by atoms with Gasteiger partial charge in [0.1, 0.15) is 34.7 Å². The molecule has 0 saturated carbocycles. The number of carbonyl (C=O) groups is 1. The highest BCUT2D eigenvalue weighted by Crippen LogP contribution is 2.35. The van der Waals surface area contributed by atoms with E-state index >= 15 is 0 Å². The van der Waals surface area contributed by atoms with Crippen molar-refractivity contribution in [2.24, 2.45) is 5.10 Å². The van der Waals surface area contributed by atoms with Crippen LogP contribution in [0, 0.1) is 0 Å². The molecule has 0 fully saturated rings. The van der Waals surface area contributed by atoms with Crippen LogP contribution in [0.4, 0.5) is 0 Å². The first-order valence-corrected chi connectivity index (χ1v) is 7.77. The van der Waals surface area contributed by atoms with Crippen LogP contribution in [0.3, 0.4) is 0 Å². The molecule has 3 heterocycles. The first-order chi connectivity index (χ1) is 11.3. The van der Waals surface area contributed by atoms with Crippen molar-refractivity contribution in [1.29, 1.82) is 0 Å². The number of para-hydroxylation sites is 1. The van der Waals surface area contributed by atoms with Crippen LogP contribution in [-0.4, -0.2) is 22.5 Å². The lowest BCUT2D eigenvalue weighted by Crippen LogP contribution is -2.27. The zero-order valence-electron chi connectivity index (χ0n) is 12.1. The highest BCUT2D eigenvalue weighted by atomic mass is 35.5. The number of carbonyl (C=O) groups excluding carboxylic acids is 1. The van der Waals surface area contributed by atoms with Gasteiger partial charge in [0, 0.05) is 11.8 Å². The third-order valence-electron chi connectivity index (χ3n) is 3.86. The van der Waals surface area contributed by atoms with Gasteiger partial charge in [-0.3, -0.25) is 4.79 Å². The van der Waals surface area contributed by atoms with Gasteiger partial charge in [-0.1, -0.05) is 18.2 Å². The van der Waals surface area contributed by atoms with Crippen LogP contribution >= 0.6 is 11.6 Å². The molecule has 0 N–H and O–H groups in total. The number of amides is 1. The first-order valence-electron chi connectivity index (χ1n) is 7.24. The summed E-state index contributed by atoms with van der Waals surface area (Å²) < 4.78 is 11.3. The molecule has 4 rings (SSSR count). The molecular formula is C17H13ClN2O3. The lowest BCUT2D eigenvalue weighted by atomic mass is 10.1. The molecule has 2 aromatic heterocycles. The van der Waals surface area contributed by atoms with Gasteiger partial charge in [0.05, 0.1) is 6.26 Å². The second kappa shape index (κ2) is 5.59. The van der Waals surface area contributed by atoms with Crippen LogP contribution in [0.5, 0.6) is 0 Å². The van der Waals surface area contributed by atoms with Gasteiger partial charge in [0.15, 0.2) is 0 Å². The molecule has 1 aliphatic rings. The van der Waals surface area contributed by atoms with Crippen molar-refractivity contribution in [3.8, 4) is 0 Å². The maximum Gasteiger partial charge on any atom is 0.258 e. The van der Waals surface area contributed by atoms with E-state index in [2.05, 4.69) is 5.10 Å². The summed E-state index contributed by atoms with van der Waals surface area (Å²) in [4.78, 5) is 12.1. The fourth-order valence-corrected chi connectivity index (χ4v) is 2.90. The van der Waals surface area contributed by atoms with E-state index in [-0.39, 0.29) is 17.8 Å². The summed E-state index contributed by atoms with van der Waals surface area (Å²) in [5, 5.41) is 6.78. The second-order valence-corrected chi connectivity index (χ2v) is 5.57. The van der Waals surface area contributed by atoms with Crippen LogP contribution in [-0.2, 0) is 4.79 Å². The quantitative estimate of drug-likeness (QED) is 0.684. The maximum absolute atomic E-state index is 12.1. The highest BCUT2D eigenvalue weighted by Gasteiger charge is 2.35. The summed E-state index contributed by atoms with van der Waals surface area (Å²) in [5.74, 6) is 0.940. The maximum atomic E-state index is 12.1. The van der Waals surface area contributed by atoms with Crippen LogP contribution in [0.2, 0.25) is 0 Å². The van der Waals surface area contributed by atoms with E-state index in [1.165, 1.54) is 5.01 Å². The van der Waals surface area contributed by atoms with Gasteiger partial charge in [-0.15, -0.1) is 11.6 Å². The number of benzene rings is 1. The monoisotopic (exact) mass is 328 g/mol. The third-order valence-corrected chi connectivity index (χ3v) is 4.09. The van der Waals surface area contributed by atoms with Crippen molar-refractivity contribution in [3.63, 3.8) is 0 Å². The summed E-state index contributed by atoms with van der Waals surface area (Å²) >= 11 is 5.72. The predicted octanol–water partition coefficient (Wildman–Crippen LogP) is 3.94. The number of fused-ring (bicyclic) bond motifs is 1. The summed E-state index contributed by atoms with van der Waals surface area (Å²) in [6.07, 6.45) is 2.11. The highest BCUT2D eigenvalue weighted by molar-refractivity contribution is 6.27. The average Bonchev–Trinajstić information content (AvgIpc) is 3.30. The van der Waals surface area contributed by atoms with Gasteiger partial charge < -0.3 is 8.83 Å². The normalized spacial score (nSPS) is 17.7. The van der Waals surface area contributed by atoms with E-state index < -0.39 is 0 Å². The molecule has 1 atom stereocenters. The lowest BCUT2D eigenvalue weighted by molar-refractivity contribution is -0.130. The van der Waals surface area contributed by atoms with Crippen LogP contribution in [0.1, 0.15) is 24.0 Å². The standard InChI is InChI=1S/C17H13ClN2O3/c18-10-17(21)20-13(9-12(19-20)15-6-3-7-22-15)16-8-11-4-1-2-5-14(11)23-16/h1-8,13H,9-10H2. The van der Waals surface area contributed by atoms with Gasteiger partial charge in [0.25, 0.3) is 5.91 Å². The molecule has 1 aromatic carbocycles. The number of nitrogens with zero attached hydrogens (tertiary/aromatic N) is 2. The summed E-state index contributed by atoms with van der Waals surface area (Å²) in [5.41, 5.74) is 1.49. The van der Waals surface area contributed by atoms with Gasteiger partial charge in [-0.25, -0.2) is 5.01 Å². The minimum atomic E-state index is -0.311. The molecule has 6 heteroatoms. The predicted molar refractivity (Wildman–Crippen MR) is 86.4 cm³/mol. The number of halogens is 1. The minimum Gasteiger partial charge on any atom is -0.463 e. The van der Waals surface area contributed by atoms with Crippen LogP contribution in [0.15, 0.2) is 62.7 Å². The Kier molecular flexibility index (Phi) is 3.42. The smallest absolute Gasteiger partial charge is 0.258 e. The first kappa shape index (κ1) is 14.1. The Bertz CT molecular complexity index is 849. The summed E-state index contributed by atoms with van der Waals surface area (Å²) in [6, 6.07) is 13.0. The van der Waals surface area contributed by atoms with Crippen molar-refractivity contribution in [3.05, 3.63) is 60.2 Å². The number of alkyl halides is 1. The van der Waals surface area contributed by atoms with Crippen LogP contribution < -0.4 is 0 Å². The Hall–Kier alpha value is -2.53. The number of hydrazone groups is 1. The largest absolute Gasteiger partial charge is 0.463 e. The van der Waals surface area contributed by atoms with E-state index in [0.717, 1.165) is 11.0 Å². The van der Waals surface area contributed by atoms with Crippen LogP contribution in [0.25, 0.3) is 11.0 Å². The molecule has 1 amide bonds. The van der Waals surface area contributed by atoms with Crippen molar-refractivity contribution in [2.45, 2.75) is 12.5 Å². The number of hydrogen-bond donors (Lipinski definition) is 0. The Morgan fingerprint density at radius 1 is 1.30 bits per heavy atom. The Morgan fingerprint density at radius 2 is 2.17 bits per heavy atom. The van der Waals surface area contributed by atoms with E-state index in [9.17, 15) is 4.79 Å². The Labute approximate surface area is 137 Å². The molecular weight excluding hydrogens is 316 g/mol. The molecule has 1 aliphatic heterocycles. The average molecular weight is 329 g/mol. The zero-order chi connectivity index (χ0) is 15.8. The molecule has 23 heavy (non-hydrogen) atoms. The fourth-order valence-electron chi connectivity index (χ4n) is 2.78. The zero-order valence-corrected chi connectivity index (χ0v) is 12.9. The lowest BCUT2D eigenvalue weighted by Gasteiger charge is -2.18. The molecule has 0 saturated heterocycles. The molecule has 3 aromatic rings. The topological polar surface area (TPSA) is 59.0 Å². The van der Waals surface area contributed by atoms with Crippen molar-refractivity contribution in [2.75, 3.05) is 5.88 Å². The number of rotatable bonds is 3. The molecule has 1 unspecified atom stereocenters. The number of furan rings is 2. The summed E-state index contributed by atoms with van der Waals surface area (Å²) in [7, 11) is 0. The van der Waals surface area contributed by atoms with Gasteiger partial charge >= 0.3 is 0 Å². The van der Waals surface area contributed by atoms with Gasteiger partial charge in [-0.2, -0.15) is 5.10 Å². The fraction of sp³-hybridized carbons (Fsp3) is 0.176. The Morgan fingerprint density at radius 3 is 2.91 bits per heavy atom. The van der Waals surface area contributed by atoms with E-state index in [4.69, 9.17) is 20.4 Å². The second-order valence-electron chi connectivity index (χ2n) is 5.30. The molecule has 0 bridgehead atoms. The van der Waals surface area contributed by atoms with Gasteiger partial charge in [-0.05, 0) is 24.3 Å². The Balaban J connectivity index is 1.73. The summed E-state index contributed by atoms with van der Waals surface area (Å²) in [6.45, 7) is 0.